The van der Waals surface area contributed by atoms with Crippen LogP contribution in [0.2, 0.25) is 0 Å². The summed E-state index contributed by atoms with van der Waals surface area (Å²) in [7, 11) is 3.24. The first-order chi connectivity index (χ1) is 8.22. The van der Waals surface area contributed by atoms with Crippen LogP contribution in [-0.2, 0) is 14.3 Å². The topological polar surface area (TPSA) is 73.6 Å². The van der Waals surface area contributed by atoms with Gasteiger partial charge in [0.05, 0.1) is 12.7 Å². The molecule has 5 heteroatoms. The molecule has 3 unspecified atom stereocenters. The predicted octanol–water partition coefficient (Wildman–Crippen LogP) is 0.139. The summed E-state index contributed by atoms with van der Waals surface area (Å²) in [6.45, 7) is 1.59. The number of hydrogen-bond acceptors (Lipinski definition) is 4. The minimum absolute atomic E-state index is 0.0818. The summed E-state index contributed by atoms with van der Waals surface area (Å²) in [6, 6.07) is 0. The van der Waals surface area contributed by atoms with Crippen molar-refractivity contribution in [1.82, 2.24) is 5.32 Å². The van der Waals surface area contributed by atoms with Crippen molar-refractivity contribution in [2.45, 2.75) is 25.4 Å². The number of amides is 1. The predicted molar refractivity (Wildman–Crippen MR) is 65.6 cm³/mol. The lowest BCUT2D eigenvalue weighted by molar-refractivity contribution is -0.126. The largest absolute Gasteiger partial charge is 0.382 e. The number of nitrogens with one attached hydrogen (secondary N) is 1. The SMILES string of the molecule is COCC(CNC(=O)C1CCCC1CN)OC. The Morgan fingerprint density at radius 2 is 2.24 bits per heavy atom. The van der Waals surface area contributed by atoms with Gasteiger partial charge in [-0.25, -0.2) is 0 Å². The third kappa shape index (κ3) is 4.26. The monoisotopic (exact) mass is 244 g/mol. The van der Waals surface area contributed by atoms with Gasteiger partial charge in [-0.2, -0.15) is 0 Å². The van der Waals surface area contributed by atoms with Crippen LogP contribution in [-0.4, -0.2) is 45.9 Å². The minimum Gasteiger partial charge on any atom is -0.382 e. The summed E-state index contributed by atoms with van der Waals surface area (Å²) in [6.07, 6.45) is 3.04. The van der Waals surface area contributed by atoms with Gasteiger partial charge in [0.25, 0.3) is 0 Å². The third-order valence-corrected chi connectivity index (χ3v) is 3.49. The Morgan fingerprint density at radius 1 is 1.47 bits per heavy atom. The smallest absolute Gasteiger partial charge is 0.223 e. The highest BCUT2D eigenvalue weighted by Gasteiger charge is 2.31. The van der Waals surface area contributed by atoms with Crippen LogP contribution in [0.4, 0.5) is 0 Å². The molecule has 17 heavy (non-hydrogen) atoms. The molecule has 0 aromatic rings. The van der Waals surface area contributed by atoms with Gasteiger partial charge in [0.2, 0.25) is 5.91 Å². The van der Waals surface area contributed by atoms with Crippen molar-refractivity contribution in [2.24, 2.45) is 17.6 Å². The van der Waals surface area contributed by atoms with E-state index in [1.54, 1.807) is 14.2 Å². The molecule has 0 aromatic heterocycles. The van der Waals surface area contributed by atoms with E-state index >= 15 is 0 Å². The van der Waals surface area contributed by atoms with Crippen LogP contribution >= 0.6 is 0 Å². The molecule has 3 N–H and O–H groups in total. The molecule has 1 fully saturated rings. The summed E-state index contributed by atoms with van der Waals surface area (Å²) >= 11 is 0. The summed E-state index contributed by atoms with van der Waals surface area (Å²) in [4.78, 5) is 12.0. The van der Waals surface area contributed by atoms with E-state index in [4.69, 9.17) is 15.2 Å². The Bertz CT molecular complexity index is 236. The van der Waals surface area contributed by atoms with Crippen LogP contribution in [0.15, 0.2) is 0 Å². The highest BCUT2D eigenvalue weighted by atomic mass is 16.5. The zero-order valence-electron chi connectivity index (χ0n) is 10.8. The van der Waals surface area contributed by atoms with E-state index in [9.17, 15) is 4.79 Å². The quantitative estimate of drug-likeness (QED) is 0.668. The summed E-state index contributed by atoms with van der Waals surface area (Å²) in [5, 5.41) is 2.93. The molecule has 100 valence electrons. The Hall–Kier alpha value is -0.650. The average Bonchev–Trinajstić information content (AvgIpc) is 2.82. The number of methoxy groups -OCH3 is 2. The van der Waals surface area contributed by atoms with Crippen LogP contribution < -0.4 is 11.1 Å². The Balaban J connectivity index is 2.33. The maximum absolute atomic E-state index is 12.0. The van der Waals surface area contributed by atoms with Gasteiger partial charge < -0.3 is 20.5 Å². The van der Waals surface area contributed by atoms with Crippen LogP contribution in [0.1, 0.15) is 19.3 Å². The van der Waals surface area contributed by atoms with E-state index in [0.29, 0.717) is 25.6 Å². The maximum atomic E-state index is 12.0. The van der Waals surface area contributed by atoms with Gasteiger partial charge in [-0.1, -0.05) is 6.42 Å². The molecule has 0 aliphatic heterocycles. The molecule has 3 atom stereocenters. The average molecular weight is 244 g/mol. The van der Waals surface area contributed by atoms with Gasteiger partial charge in [-0.05, 0) is 25.3 Å². The number of rotatable bonds is 7. The molecule has 1 aliphatic carbocycles. The van der Waals surface area contributed by atoms with E-state index < -0.39 is 0 Å². The van der Waals surface area contributed by atoms with E-state index in [-0.39, 0.29) is 17.9 Å². The molecule has 1 rings (SSSR count). The normalized spacial score (nSPS) is 25.8. The van der Waals surface area contributed by atoms with Gasteiger partial charge >= 0.3 is 0 Å². The van der Waals surface area contributed by atoms with Crippen molar-refractivity contribution in [2.75, 3.05) is 33.9 Å². The zero-order chi connectivity index (χ0) is 12.7. The Morgan fingerprint density at radius 3 is 2.82 bits per heavy atom. The van der Waals surface area contributed by atoms with Gasteiger partial charge in [0, 0.05) is 26.7 Å². The fourth-order valence-electron chi connectivity index (χ4n) is 2.41. The lowest BCUT2D eigenvalue weighted by atomic mass is 9.95. The fraction of sp³-hybridized carbons (Fsp3) is 0.917. The van der Waals surface area contributed by atoms with Crippen LogP contribution in [0.3, 0.4) is 0 Å². The molecular weight excluding hydrogens is 220 g/mol. The molecule has 0 radical (unpaired) electrons. The van der Waals surface area contributed by atoms with Gasteiger partial charge in [-0.3, -0.25) is 4.79 Å². The van der Waals surface area contributed by atoms with Crippen molar-refractivity contribution >= 4 is 5.91 Å². The van der Waals surface area contributed by atoms with E-state index in [2.05, 4.69) is 5.32 Å². The van der Waals surface area contributed by atoms with Crippen LogP contribution in [0.5, 0.6) is 0 Å². The number of ether oxygens (including phenoxy) is 2. The van der Waals surface area contributed by atoms with Crippen molar-refractivity contribution in [3.05, 3.63) is 0 Å². The second kappa shape index (κ2) is 7.63. The van der Waals surface area contributed by atoms with E-state index in [1.165, 1.54) is 0 Å². The number of carbonyl (C=O) groups excluding carboxylic acids is 1. The molecular formula is C12H24N2O3. The molecule has 0 bridgehead atoms. The Labute approximate surface area is 103 Å². The molecule has 0 saturated heterocycles. The molecule has 1 saturated carbocycles. The van der Waals surface area contributed by atoms with Gasteiger partial charge in [-0.15, -0.1) is 0 Å². The second-order valence-corrected chi connectivity index (χ2v) is 4.59. The van der Waals surface area contributed by atoms with Gasteiger partial charge in [0.15, 0.2) is 0 Å². The Kier molecular flexibility index (Phi) is 6.47. The number of carbonyl (C=O) groups is 1. The molecule has 1 aliphatic rings. The maximum Gasteiger partial charge on any atom is 0.223 e. The van der Waals surface area contributed by atoms with Crippen molar-refractivity contribution in [3.8, 4) is 0 Å². The van der Waals surface area contributed by atoms with Crippen molar-refractivity contribution in [3.63, 3.8) is 0 Å². The van der Waals surface area contributed by atoms with Crippen LogP contribution in [0, 0.1) is 11.8 Å². The first-order valence-electron chi connectivity index (χ1n) is 6.22. The third-order valence-electron chi connectivity index (χ3n) is 3.49. The van der Waals surface area contributed by atoms with E-state index in [1.807, 2.05) is 0 Å². The van der Waals surface area contributed by atoms with Crippen LogP contribution in [0.25, 0.3) is 0 Å². The lowest BCUT2D eigenvalue weighted by Gasteiger charge is -2.20. The molecule has 0 spiro atoms. The summed E-state index contributed by atoms with van der Waals surface area (Å²) in [5.41, 5.74) is 5.67. The zero-order valence-corrected chi connectivity index (χ0v) is 10.8. The molecule has 5 nitrogen and oxygen atoms in total. The van der Waals surface area contributed by atoms with Crippen molar-refractivity contribution in [1.29, 1.82) is 0 Å². The minimum atomic E-state index is -0.0818. The summed E-state index contributed by atoms with van der Waals surface area (Å²) < 4.78 is 10.2. The second-order valence-electron chi connectivity index (χ2n) is 4.59. The van der Waals surface area contributed by atoms with E-state index in [0.717, 1.165) is 19.3 Å². The van der Waals surface area contributed by atoms with Gasteiger partial charge in [0.1, 0.15) is 0 Å². The highest BCUT2D eigenvalue weighted by Crippen LogP contribution is 2.30. The standard InChI is InChI=1S/C12H24N2O3/c1-16-8-10(17-2)7-14-12(15)11-5-3-4-9(11)6-13/h9-11H,3-8,13H2,1-2H3,(H,14,15). The molecule has 1 amide bonds. The number of nitrogens with two attached hydrogens (primary N) is 1. The fourth-order valence-corrected chi connectivity index (χ4v) is 2.41. The lowest BCUT2D eigenvalue weighted by Crippen LogP contribution is -2.40. The first kappa shape index (κ1) is 14.4. The molecule has 0 aromatic carbocycles. The van der Waals surface area contributed by atoms with Crippen molar-refractivity contribution < 1.29 is 14.3 Å². The number of hydrogen-bond donors (Lipinski definition) is 2. The highest BCUT2D eigenvalue weighted by molar-refractivity contribution is 5.79. The first-order valence-corrected chi connectivity index (χ1v) is 6.22. The summed E-state index contributed by atoms with van der Waals surface area (Å²) in [5.74, 6) is 0.537. The molecule has 0 heterocycles.